The van der Waals surface area contributed by atoms with E-state index >= 15 is 0 Å². The second-order valence-corrected chi connectivity index (χ2v) is 13.0. The van der Waals surface area contributed by atoms with Crippen LogP contribution in [0.25, 0.3) is 47.3 Å². The lowest BCUT2D eigenvalue weighted by molar-refractivity contribution is 0.747. The standard InChI is InChI=1S/C38H24BrNS/c39-33-9-5-11-37-38(33)32-21-26(16-19-36(32)41-37)25-15-18-35-31(20-25)29-8-3-4-10-34(29)40(35)27-17-14-24-13-12-23-6-1-2-7-28(23)30(24)22-27/h1-22,31,35H. The number of thiophene rings is 1. The van der Waals surface area contributed by atoms with Crippen LogP contribution in [0.1, 0.15) is 17.0 Å². The molecule has 0 fully saturated rings. The Balaban J connectivity index is 1.17. The van der Waals surface area contributed by atoms with Gasteiger partial charge in [-0.3, -0.25) is 0 Å². The van der Waals surface area contributed by atoms with Crippen LogP contribution in [-0.2, 0) is 0 Å². The summed E-state index contributed by atoms with van der Waals surface area (Å²) in [7, 11) is 0. The average Bonchev–Trinajstić information content (AvgIpc) is 3.56. The van der Waals surface area contributed by atoms with Gasteiger partial charge in [-0.1, -0.05) is 107 Å². The van der Waals surface area contributed by atoms with Crippen molar-refractivity contribution in [2.75, 3.05) is 4.90 Å². The molecule has 0 N–H and O–H groups in total. The van der Waals surface area contributed by atoms with Crippen LogP contribution in [0.4, 0.5) is 11.4 Å². The first-order valence-electron chi connectivity index (χ1n) is 14.0. The van der Waals surface area contributed by atoms with Gasteiger partial charge in [0.15, 0.2) is 0 Å². The van der Waals surface area contributed by atoms with Crippen LogP contribution in [0.3, 0.4) is 0 Å². The van der Waals surface area contributed by atoms with Gasteiger partial charge in [-0.2, -0.15) is 0 Å². The average molecular weight is 607 g/mol. The molecule has 7 aromatic rings. The molecule has 1 aromatic heterocycles. The minimum absolute atomic E-state index is 0.239. The van der Waals surface area contributed by atoms with Gasteiger partial charge in [-0.15, -0.1) is 11.3 Å². The van der Waals surface area contributed by atoms with E-state index in [9.17, 15) is 0 Å². The van der Waals surface area contributed by atoms with Crippen molar-refractivity contribution in [3.8, 4) is 0 Å². The molecule has 3 heteroatoms. The summed E-state index contributed by atoms with van der Waals surface area (Å²) in [6.45, 7) is 0. The van der Waals surface area contributed by atoms with E-state index in [1.807, 2.05) is 11.3 Å². The Labute approximate surface area is 250 Å². The summed E-state index contributed by atoms with van der Waals surface area (Å²) in [6, 6.07) is 42.7. The van der Waals surface area contributed by atoms with Crippen LogP contribution in [0.2, 0.25) is 0 Å². The molecule has 0 saturated heterocycles. The highest BCUT2D eigenvalue weighted by atomic mass is 79.9. The van der Waals surface area contributed by atoms with Gasteiger partial charge < -0.3 is 4.90 Å². The fourth-order valence-electron chi connectivity index (χ4n) is 6.95. The number of benzene rings is 6. The van der Waals surface area contributed by atoms with E-state index in [4.69, 9.17) is 0 Å². The summed E-state index contributed by atoms with van der Waals surface area (Å²) >= 11 is 5.66. The first kappa shape index (κ1) is 23.5. The van der Waals surface area contributed by atoms with Crippen molar-refractivity contribution in [2.45, 2.75) is 12.0 Å². The van der Waals surface area contributed by atoms with Gasteiger partial charge in [0.25, 0.3) is 0 Å². The monoisotopic (exact) mass is 605 g/mol. The number of hydrogen-bond acceptors (Lipinski definition) is 2. The Morgan fingerprint density at radius 3 is 2.44 bits per heavy atom. The molecule has 2 heterocycles. The first-order valence-corrected chi connectivity index (χ1v) is 15.6. The molecule has 0 spiro atoms. The molecule has 0 saturated carbocycles. The molecular formula is C38H24BrNS. The molecule has 194 valence electrons. The molecule has 41 heavy (non-hydrogen) atoms. The number of anilines is 2. The third-order valence-electron chi connectivity index (χ3n) is 8.84. The maximum absolute atomic E-state index is 3.80. The van der Waals surface area contributed by atoms with Crippen LogP contribution in [0.5, 0.6) is 0 Å². The van der Waals surface area contributed by atoms with Crippen molar-refractivity contribution in [3.05, 3.63) is 149 Å². The van der Waals surface area contributed by atoms with Crippen LogP contribution in [0, 0.1) is 0 Å². The fraction of sp³-hybridized carbons (Fsp3) is 0.0526. The van der Waals surface area contributed by atoms with Gasteiger partial charge in [0.1, 0.15) is 0 Å². The second-order valence-electron chi connectivity index (χ2n) is 11.0. The maximum Gasteiger partial charge on any atom is 0.0630 e. The molecule has 0 radical (unpaired) electrons. The molecule has 2 atom stereocenters. The number of hydrogen-bond donors (Lipinski definition) is 0. The summed E-state index contributed by atoms with van der Waals surface area (Å²) in [5.41, 5.74) is 6.50. The van der Waals surface area contributed by atoms with Crippen LogP contribution >= 0.6 is 27.3 Å². The Bertz CT molecular complexity index is 2250. The lowest BCUT2D eigenvalue weighted by Crippen LogP contribution is -2.28. The number of fused-ring (bicyclic) bond motifs is 9. The van der Waals surface area contributed by atoms with Gasteiger partial charge in [0.2, 0.25) is 0 Å². The van der Waals surface area contributed by atoms with E-state index < -0.39 is 0 Å². The molecule has 0 amide bonds. The van der Waals surface area contributed by atoms with Crippen molar-refractivity contribution < 1.29 is 0 Å². The third kappa shape index (κ3) is 3.52. The van der Waals surface area contributed by atoms with Gasteiger partial charge in [-0.25, -0.2) is 0 Å². The Kier molecular flexibility index (Phi) is 5.11. The smallest absolute Gasteiger partial charge is 0.0630 e. The number of halogens is 1. The van der Waals surface area contributed by atoms with E-state index in [1.54, 1.807) is 0 Å². The SMILES string of the molecule is Brc1cccc2sc3ccc(C4=CC5c6ccccc6N(c6ccc7ccc8ccccc8c7c6)C5C=C4)cc3c12. The van der Waals surface area contributed by atoms with Gasteiger partial charge in [0.05, 0.1) is 6.04 Å². The minimum atomic E-state index is 0.239. The minimum Gasteiger partial charge on any atom is -0.333 e. The normalized spacial score (nSPS) is 17.9. The van der Waals surface area contributed by atoms with E-state index in [-0.39, 0.29) is 12.0 Å². The highest BCUT2D eigenvalue weighted by Gasteiger charge is 2.38. The fourth-order valence-corrected chi connectivity index (χ4v) is 8.77. The van der Waals surface area contributed by atoms with Crippen molar-refractivity contribution >= 4 is 85.9 Å². The predicted octanol–water partition coefficient (Wildman–Crippen LogP) is 11.4. The van der Waals surface area contributed by atoms with Crippen molar-refractivity contribution in [2.24, 2.45) is 0 Å². The number of rotatable bonds is 2. The van der Waals surface area contributed by atoms with E-state index in [0.717, 1.165) is 4.47 Å². The first-order chi connectivity index (χ1) is 20.2. The number of para-hydroxylation sites is 1. The van der Waals surface area contributed by atoms with E-state index in [0.29, 0.717) is 0 Å². The second kappa shape index (κ2) is 8.91. The van der Waals surface area contributed by atoms with Crippen molar-refractivity contribution in [3.63, 3.8) is 0 Å². The summed E-state index contributed by atoms with van der Waals surface area (Å²) in [6.07, 6.45) is 7.24. The molecule has 6 aromatic carbocycles. The molecule has 1 aliphatic carbocycles. The summed E-state index contributed by atoms with van der Waals surface area (Å²) in [5, 5.41) is 7.81. The molecule has 1 aliphatic heterocycles. The van der Waals surface area contributed by atoms with Crippen LogP contribution in [0.15, 0.2) is 138 Å². The zero-order chi connectivity index (χ0) is 27.1. The van der Waals surface area contributed by atoms with Crippen LogP contribution < -0.4 is 4.90 Å². The van der Waals surface area contributed by atoms with E-state index in [2.05, 4.69) is 154 Å². The van der Waals surface area contributed by atoms with Gasteiger partial charge in [-0.05, 0) is 80.7 Å². The number of allylic oxidation sites excluding steroid dienone is 2. The highest BCUT2D eigenvalue weighted by Crippen LogP contribution is 2.50. The topological polar surface area (TPSA) is 3.24 Å². The summed E-state index contributed by atoms with van der Waals surface area (Å²) in [5.74, 6) is 0.288. The third-order valence-corrected chi connectivity index (χ3v) is 10.6. The zero-order valence-electron chi connectivity index (χ0n) is 22.1. The Morgan fingerprint density at radius 2 is 1.49 bits per heavy atom. The summed E-state index contributed by atoms with van der Waals surface area (Å²) < 4.78 is 3.81. The molecular weight excluding hydrogens is 582 g/mol. The van der Waals surface area contributed by atoms with Gasteiger partial charge in [0, 0.05) is 41.9 Å². The lowest BCUT2D eigenvalue weighted by atomic mass is 9.86. The Morgan fingerprint density at radius 1 is 0.659 bits per heavy atom. The molecule has 9 rings (SSSR count). The largest absolute Gasteiger partial charge is 0.333 e. The molecule has 2 unspecified atom stereocenters. The quantitative estimate of drug-likeness (QED) is 0.177. The number of nitrogens with zero attached hydrogens (tertiary/aromatic N) is 1. The van der Waals surface area contributed by atoms with Crippen LogP contribution in [-0.4, -0.2) is 6.04 Å². The Hall–Kier alpha value is -4.18. The summed E-state index contributed by atoms with van der Waals surface area (Å²) in [4.78, 5) is 2.54. The molecule has 2 aliphatic rings. The van der Waals surface area contributed by atoms with Crippen molar-refractivity contribution in [1.29, 1.82) is 0 Å². The molecule has 0 bridgehead atoms. The maximum atomic E-state index is 3.80. The lowest BCUT2D eigenvalue weighted by Gasteiger charge is -2.30. The van der Waals surface area contributed by atoms with Crippen molar-refractivity contribution in [1.82, 2.24) is 0 Å². The highest BCUT2D eigenvalue weighted by molar-refractivity contribution is 9.10. The van der Waals surface area contributed by atoms with E-state index in [1.165, 1.54) is 69.8 Å². The molecule has 1 nitrogen and oxygen atoms in total. The zero-order valence-corrected chi connectivity index (χ0v) is 24.5. The predicted molar refractivity (Wildman–Crippen MR) is 181 cm³/mol. The van der Waals surface area contributed by atoms with Gasteiger partial charge >= 0.3 is 0 Å².